The number of benzene rings is 2. The van der Waals surface area contributed by atoms with Crippen LogP contribution in [0.1, 0.15) is 39.0 Å². The number of fused-ring (bicyclic) bond motifs is 1. The highest BCUT2D eigenvalue weighted by atomic mass is 32.2. The van der Waals surface area contributed by atoms with Gasteiger partial charge in [-0.15, -0.1) is 11.3 Å². The maximum absolute atomic E-state index is 13.3. The Bertz CT molecular complexity index is 1580. The molecule has 0 spiro atoms. The second-order valence-electron chi connectivity index (χ2n) is 10.5. The molecular weight excluding hydrogens is 580 g/mol. The molecule has 0 radical (unpaired) electrons. The van der Waals surface area contributed by atoms with Crippen molar-refractivity contribution < 1.29 is 32.3 Å². The number of rotatable bonds is 11. The number of morpholine rings is 1. The van der Waals surface area contributed by atoms with E-state index < -0.39 is 21.0 Å². The first-order chi connectivity index (χ1) is 20.2. The van der Waals surface area contributed by atoms with Gasteiger partial charge < -0.3 is 25.0 Å². The van der Waals surface area contributed by atoms with Crippen molar-refractivity contribution in [3.05, 3.63) is 52.5 Å². The summed E-state index contributed by atoms with van der Waals surface area (Å²) in [5, 5.41) is 3.81. The van der Waals surface area contributed by atoms with E-state index in [9.17, 15) is 22.8 Å². The Morgan fingerprint density at radius 1 is 1.14 bits per heavy atom. The standard InChI is InChI=1S/C29H34N4O7S2/c1-18-15-23-24(16-22(18)19-3-5-20(6-4-19)29(36)33-9-11-40-12-10-33)41-28(32-23)26(42(37,38)14-13-39-2)27(35)30-17-25(34)31-21-7-8-21/h3-6,15-16,21,26H,7-14,17H2,1-2H3,(H,30,35)(H,31,34). The van der Waals surface area contributed by atoms with Crippen molar-refractivity contribution in [1.82, 2.24) is 20.5 Å². The van der Waals surface area contributed by atoms with E-state index in [0.717, 1.165) is 40.9 Å². The number of aromatic nitrogens is 1. The van der Waals surface area contributed by atoms with E-state index in [1.54, 1.807) is 17.0 Å². The predicted molar refractivity (Wildman–Crippen MR) is 159 cm³/mol. The van der Waals surface area contributed by atoms with Crippen LogP contribution < -0.4 is 10.6 Å². The molecule has 42 heavy (non-hydrogen) atoms. The van der Waals surface area contributed by atoms with Gasteiger partial charge in [0, 0.05) is 31.8 Å². The molecule has 1 aromatic heterocycles. The summed E-state index contributed by atoms with van der Waals surface area (Å²) in [5.74, 6) is -1.56. The minimum atomic E-state index is -4.00. The van der Waals surface area contributed by atoms with Gasteiger partial charge in [-0.1, -0.05) is 12.1 Å². The van der Waals surface area contributed by atoms with Gasteiger partial charge in [0.1, 0.15) is 5.01 Å². The second kappa shape index (κ2) is 12.9. The number of aryl methyl sites for hydroxylation is 1. The van der Waals surface area contributed by atoms with Crippen LogP contribution in [0.5, 0.6) is 0 Å². The van der Waals surface area contributed by atoms with Crippen LogP contribution in [0.2, 0.25) is 0 Å². The summed E-state index contributed by atoms with van der Waals surface area (Å²) < 4.78 is 37.6. The van der Waals surface area contributed by atoms with Gasteiger partial charge in [0.15, 0.2) is 15.1 Å². The van der Waals surface area contributed by atoms with Crippen LogP contribution in [-0.4, -0.2) is 94.4 Å². The van der Waals surface area contributed by atoms with Gasteiger partial charge in [-0.05, 0) is 60.7 Å². The van der Waals surface area contributed by atoms with E-state index in [1.807, 2.05) is 31.2 Å². The van der Waals surface area contributed by atoms with E-state index >= 15 is 0 Å². The molecule has 2 aliphatic rings. The first-order valence-electron chi connectivity index (χ1n) is 13.8. The molecule has 3 aromatic rings. The van der Waals surface area contributed by atoms with E-state index in [-0.39, 0.29) is 41.8 Å². The monoisotopic (exact) mass is 614 g/mol. The third-order valence-electron chi connectivity index (χ3n) is 7.25. The minimum Gasteiger partial charge on any atom is -0.384 e. The topological polar surface area (TPSA) is 144 Å². The third kappa shape index (κ3) is 6.97. The summed E-state index contributed by atoms with van der Waals surface area (Å²) in [5.41, 5.74) is 3.88. The number of amides is 3. The molecular formula is C29H34N4O7S2. The van der Waals surface area contributed by atoms with Crippen LogP contribution in [0.4, 0.5) is 0 Å². The summed E-state index contributed by atoms with van der Waals surface area (Å²) in [6.07, 6.45) is 1.80. The molecule has 2 N–H and O–H groups in total. The summed E-state index contributed by atoms with van der Waals surface area (Å²) in [4.78, 5) is 44.5. The fraction of sp³-hybridized carbons (Fsp3) is 0.448. The number of hydrogen-bond acceptors (Lipinski definition) is 9. The molecule has 0 bridgehead atoms. The molecule has 1 unspecified atom stereocenters. The molecule has 13 heteroatoms. The molecule has 224 valence electrons. The van der Waals surface area contributed by atoms with Crippen LogP contribution in [0, 0.1) is 6.92 Å². The van der Waals surface area contributed by atoms with Crippen molar-refractivity contribution in [1.29, 1.82) is 0 Å². The number of nitrogens with zero attached hydrogens (tertiary/aromatic N) is 2. The Kier molecular flexibility index (Phi) is 9.21. The zero-order chi connectivity index (χ0) is 29.9. The van der Waals surface area contributed by atoms with Crippen LogP contribution in [0.15, 0.2) is 36.4 Å². The van der Waals surface area contributed by atoms with E-state index in [1.165, 1.54) is 7.11 Å². The Labute approximate surface area is 248 Å². The van der Waals surface area contributed by atoms with Gasteiger partial charge >= 0.3 is 0 Å². The smallest absolute Gasteiger partial charge is 0.254 e. The van der Waals surface area contributed by atoms with Crippen molar-refractivity contribution in [2.45, 2.75) is 31.1 Å². The Balaban J connectivity index is 1.40. The molecule has 2 fully saturated rings. The number of hydrogen-bond donors (Lipinski definition) is 2. The quantitative estimate of drug-likeness (QED) is 0.335. The van der Waals surface area contributed by atoms with Crippen LogP contribution >= 0.6 is 11.3 Å². The van der Waals surface area contributed by atoms with Gasteiger partial charge in [0.05, 0.1) is 42.3 Å². The summed E-state index contributed by atoms with van der Waals surface area (Å²) in [6, 6.07) is 11.3. The van der Waals surface area contributed by atoms with Crippen molar-refractivity contribution >= 4 is 49.1 Å². The van der Waals surface area contributed by atoms with Gasteiger partial charge in [-0.3, -0.25) is 14.4 Å². The highest BCUT2D eigenvalue weighted by molar-refractivity contribution is 7.92. The molecule has 2 heterocycles. The minimum absolute atomic E-state index is 0.0341. The molecule has 5 rings (SSSR count). The lowest BCUT2D eigenvalue weighted by Gasteiger charge is -2.26. The van der Waals surface area contributed by atoms with Crippen molar-refractivity contribution in [3.8, 4) is 11.1 Å². The van der Waals surface area contributed by atoms with Crippen LogP contribution in [-0.2, 0) is 28.9 Å². The predicted octanol–water partition coefficient (Wildman–Crippen LogP) is 2.24. The van der Waals surface area contributed by atoms with Gasteiger partial charge in [-0.25, -0.2) is 13.4 Å². The molecule has 1 aliphatic carbocycles. The number of carbonyl (C=O) groups excluding carboxylic acids is 3. The average molecular weight is 615 g/mol. The zero-order valence-electron chi connectivity index (χ0n) is 23.6. The fourth-order valence-corrected chi connectivity index (χ4v) is 7.73. The lowest BCUT2D eigenvalue weighted by atomic mass is 9.99. The SMILES string of the molecule is COCCS(=O)(=O)C(C(=O)NCC(=O)NC1CC1)c1nc2cc(C)c(-c3ccc(C(=O)N4CCOCC4)cc3)cc2s1. The van der Waals surface area contributed by atoms with Crippen molar-refractivity contribution in [2.24, 2.45) is 0 Å². The molecule has 11 nitrogen and oxygen atoms in total. The highest BCUT2D eigenvalue weighted by Gasteiger charge is 2.37. The van der Waals surface area contributed by atoms with E-state index in [4.69, 9.17) is 9.47 Å². The number of carbonyl (C=O) groups is 3. The van der Waals surface area contributed by atoms with Crippen LogP contribution in [0.3, 0.4) is 0 Å². The largest absolute Gasteiger partial charge is 0.384 e. The molecule has 3 amide bonds. The van der Waals surface area contributed by atoms with E-state index in [0.29, 0.717) is 42.1 Å². The summed E-state index contributed by atoms with van der Waals surface area (Å²) >= 11 is 1.13. The van der Waals surface area contributed by atoms with E-state index in [2.05, 4.69) is 15.6 Å². The Morgan fingerprint density at radius 3 is 2.52 bits per heavy atom. The normalized spacial score (nSPS) is 16.3. The highest BCUT2D eigenvalue weighted by Crippen LogP contribution is 2.36. The molecule has 2 aromatic carbocycles. The number of nitrogens with one attached hydrogen (secondary N) is 2. The zero-order valence-corrected chi connectivity index (χ0v) is 25.2. The first kappa shape index (κ1) is 30.1. The number of ether oxygens (including phenoxy) is 2. The summed E-state index contributed by atoms with van der Waals surface area (Å²) in [6.45, 7) is 3.74. The average Bonchev–Trinajstić information content (AvgIpc) is 3.71. The Morgan fingerprint density at radius 2 is 1.86 bits per heavy atom. The van der Waals surface area contributed by atoms with Gasteiger partial charge in [0.25, 0.3) is 5.91 Å². The lowest BCUT2D eigenvalue weighted by molar-refractivity contribution is -0.126. The number of sulfone groups is 1. The van der Waals surface area contributed by atoms with Crippen LogP contribution in [0.25, 0.3) is 21.3 Å². The van der Waals surface area contributed by atoms with Crippen molar-refractivity contribution in [2.75, 3.05) is 52.3 Å². The second-order valence-corrected chi connectivity index (χ2v) is 13.7. The molecule has 1 saturated carbocycles. The first-order valence-corrected chi connectivity index (χ1v) is 16.4. The van der Waals surface area contributed by atoms with Gasteiger partial charge in [0.2, 0.25) is 11.8 Å². The number of methoxy groups -OCH3 is 1. The molecule has 1 atom stereocenters. The lowest BCUT2D eigenvalue weighted by Crippen LogP contribution is -2.41. The Hall–Kier alpha value is -3.39. The summed E-state index contributed by atoms with van der Waals surface area (Å²) in [7, 11) is -2.61. The maximum Gasteiger partial charge on any atom is 0.254 e. The third-order valence-corrected chi connectivity index (χ3v) is 10.4. The maximum atomic E-state index is 13.3. The number of thiazole rings is 1. The van der Waals surface area contributed by atoms with Gasteiger partial charge in [-0.2, -0.15) is 0 Å². The molecule has 1 aliphatic heterocycles. The fourth-order valence-electron chi connectivity index (χ4n) is 4.77. The van der Waals surface area contributed by atoms with Crippen molar-refractivity contribution in [3.63, 3.8) is 0 Å². The molecule has 1 saturated heterocycles.